The van der Waals surface area contributed by atoms with Gasteiger partial charge in [0.2, 0.25) is 0 Å². The minimum absolute atomic E-state index is 0.388. The molecule has 3 atom stereocenters. The molecule has 0 bridgehead atoms. The number of fused-ring (bicyclic) bond motifs is 3. The molecule has 4 aliphatic rings. The van der Waals surface area contributed by atoms with Gasteiger partial charge in [0.1, 0.15) is 13.2 Å². The summed E-state index contributed by atoms with van der Waals surface area (Å²) in [5, 5.41) is 3.79. The maximum atomic E-state index is 5.99. The van der Waals surface area contributed by atoms with Gasteiger partial charge in [-0.05, 0) is 31.4 Å². The van der Waals surface area contributed by atoms with Crippen LogP contribution in [0.5, 0.6) is 11.5 Å². The second kappa shape index (κ2) is 4.29. The SMILES string of the molecule is c1cc(N[C@@H]2[C@H]3CCO[C@H]3C23CCC3)c2c(c1)OCCO2. The van der Waals surface area contributed by atoms with Crippen LogP contribution in [-0.2, 0) is 4.74 Å². The topological polar surface area (TPSA) is 39.7 Å². The first-order valence-corrected chi connectivity index (χ1v) is 8.15. The second-order valence-electron chi connectivity index (χ2n) is 6.78. The van der Waals surface area contributed by atoms with Crippen molar-refractivity contribution in [2.75, 3.05) is 25.1 Å². The van der Waals surface area contributed by atoms with Crippen LogP contribution in [0, 0.1) is 11.3 Å². The van der Waals surface area contributed by atoms with Gasteiger partial charge < -0.3 is 19.5 Å². The van der Waals surface area contributed by atoms with E-state index in [4.69, 9.17) is 14.2 Å². The first-order chi connectivity index (χ1) is 10.4. The zero-order chi connectivity index (χ0) is 13.9. The molecule has 0 aromatic heterocycles. The molecule has 0 amide bonds. The lowest BCUT2D eigenvalue weighted by Crippen LogP contribution is -2.68. The highest BCUT2D eigenvalue weighted by molar-refractivity contribution is 5.64. The van der Waals surface area contributed by atoms with Crippen LogP contribution in [0.2, 0.25) is 0 Å². The molecule has 4 nitrogen and oxygen atoms in total. The fraction of sp³-hybridized carbons (Fsp3) is 0.647. The van der Waals surface area contributed by atoms with Crippen LogP contribution < -0.4 is 14.8 Å². The van der Waals surface area contributed by atoms with Crippen LogP contribution in [0.25, 0.3) is 0 Å². The Morgan fingerprint density at radius 2 is 2.00 bits per heavy atom. The van der Waals surface area contributed by atoms with Crippen LogP contribution in [0.15, 0.2) is 18.2 Å². The normalized spacial score (nSPS) is 34.8. The van der Waals surface area contributed by atoms with Gasteiger partial charge in [0, 0.05) is 24.0 Å². The van der Waals surface area contributed by atoms with Gasteiger partial charge in [-0.15, -0.1) is 0 Å². The molecule has 1 spiro atoms. The van der Waals surface area contributed by atoms with Crippen molar-refractivity contribution in [3.8, 4) is 11.5 Å². The molecular formula is C17H21NO3. The number of benzene rings is 1. The van der Waals surface area contributed by atoms with E-state index in [2.05, 4.69) is 11.4 Å². The van der Waals surface area contributed by atoms with E-state index >= 15 is 0 Å². The van der Waals surface area contributed by atoms with E-state index in [1.165, 1.54) is 25.7 Å². The maximum absolute atomic E-state index is 5.99. The van der Waals surface area contributed by atoms with Crippen LogP contribution in [-0.4, -0.2) is 32.0 Å². The van der Waals surface area contributed by atoms with Crippen LogP contribution in [0.1, 0.15) is 25.7 Å². The Morgan fingerprint density at radius 1 is 1.10 bits per heavy atom. The largest absolute Gasteiger partial charge is 0.486 e. The third kappa shape index (κ3) is 1.54. The lowest BCUT2D eigenvalue weighted by Gasteiger charge is -2.63. The third-order valence-electron chi connectivity index (χ3n) is 5.91. The summed E-state index contributed by atoms with van der Waals surface area (Å²) in [6, 6.07) is 6.69. The minimum atomic E-state index is 0.388. The zero-order valence-electron chi connectivity index (χ0n) is 12.1. The summed E-state index contributed by atoms with van der Waals surface area (Å²) in [7, 11) is 0. The van der Waals surface area contributed by atoms with Crippen molar-refractivity contribution in [3.63, 3.8) is 0 Å². The van der Waals surface area contributed by atoms with Crippen molar-refractivity contribution in [2.24, 2.45) is 11.3 Å². The quantitative estimate of drug-likeness (QED) is 0.908. The fourth-order valence-corrected chi connectivity index (χ4v) is 4.81. The molecule has 0 radical (unpaired) electrons. The predicted molar refractivity (Wildman–Crippen MR) is 79.0 cm³/mol. The van der Waals surface area contributed by atoms with E-state index in [-0.39, 0.29) is 0 Å². The molecule has 5 rings (SSSR count). The standard InChI is InChI=1S/C17H21NO3/c1-3-12(14-13(4-1)19-9-10-20-14)18-15-11-5-8-21-16(11)17(15)6-2-7-17/h1,3-4,11,15-16,18H,2,5-10H2/t11-,15-,16-/m1/s1. The molecule has 112 valence electrons. The fourth-order valence-electron chi connectivity index (χ4n) is 4.81. The molecule has 1 aromatic carbocycles. The van der Waals surface area contributed by atoms with Crippen LogP contribution in [0.3, 0.4) is 0 Å². The number of ether oxygens (including phenoxy) is 3. The van der Waals surface area contributed by atoms with Crippen LogP contribution in [0.4, 0.5) is 5.69 Å². The highest BCUT2D eigenvalue weighted by Gasteiger charge is 2.66. The molecule has 2 aliphatic carbocycles. The van der Waals surface area contributed by atoms with E-state index in [9.17, 15) is 0 Å². The Labute approximate surface area is 124 Å². The highest BCUT2D eigenvalue weighted by atomic mass is 16.6. The van der Waals surface area contributed by atoms with Gasteiger partial charge in [0.25, 0.3) is 0 Å². The number of para-hydroxylation sites is 1. The van der Waals surface area contributed by atoms with E-state index in [0.29, 0.717) is 36.7 Å². The van der Waals surface area contributed by atoms with Crippen molar-refractivity contribution >= 4 is 5.69 Å². The molecule has 0 unspecified atom stereocenters. The molecule has 4 heteroatoms. The molecule has 2 aliphatic heterocycles. The van der Waals surface area contributed by atoms with E-state index < -0.39 is 0 Å². The van der Waals surface area contributed by atoms with Crippen molar-refractivity contribution in [3.05, 3.63) is 18.2 Å². The first-order valence-electron chi connectivity index (χ1n) is 8.15. The van der Waals surface area contributed by atoms with E-state index in [0.717, 1.165) is 23.8 Å². The Morgan fingerprint density at radius 3 is 2.86 bits per heavy atom. The van der Waals surface area contributed by atoms with Crippen molar-refractivity contribution in [1.29, 1.82) is 0 Å². The summed E-state index contributed by atoms with van der Waals surface area (Å²) in [4.78, 5) is 0. The average molecular weight is 287 g/mol. The molecule has 2 heterocycles. The van der Waals surface area contributed by atoms with Gasteiger partial charge in [-0.1, -0.05) is 12.5 Å². The summed E-state index contributed by atoms with van der Waals surface area (Å²) in [5.74, 6) is 2.43. The molecular weight excluding hydrogens is 266 g/mol. The van der Waals surface area contributed by atoms with Gasteiger partial charge in [-0.2, -0.15) is 0 Å². The first kappa shape index (κ1) is 12.2. The molecule has 2 saturated carbocycles. The summed E-state index contributed by atoms with van der Waals surface area (Å²) < 4.78 is 17.5. The molecule has 1 saturated heterocycles. The summed E-state index contributed by atoms with van der Waals surface area (Å²) in [6.45, 7) is 2.21. The van der Waals surface area contributed by atoms with Gasteiger partial charge in [0.05, 0.1) is 11.8 Å². The lowest BCUT2D eigenvalue weighted by atomic mass is 9.46. The maximum Gasteiger partial charge on any atom is 0.184 e. The number of hydrogen-bond acceptors (Lipinski definition) is 4. The highest BCUT2D eigenvalue weighted by Crippen LogP contribution is 2.63. The number of hydrogen-bond donors (Lipinski definition) is 1. The Balaban J connectivity index is 1.45. The number of anilines is 1. The van der Waals surface area contributed by atoms with Gasteiger partial charge in [-0.3, -0.25) is 0 Å². The summed E-state index contributed by atoms with van der Waals surface area (Å²) >= 11 is 0. The monoisotopic (exact) mass is 287 g/mol. The smallest absolute Gasteiger partial charge is 0.184 e. The predicted octanol–water partition coefficient (Wildman–Crippen LogP) is 2.83. The lowest BCUT2D eigenvalue weighted by molar-refractivity contribution is -0.158. The summed E-state index contributed by atoms with van der Waals surface area (Å²) in [6.07, 6.45) is 5.64. The van der Waals surface area contributed by atoms with Gasteiger partial charge >= 0.3 is 0 Å². The van der Waals surface area contributed by atoms with E-state index in [1.54, 1.807) is 0 Å². The molecule has 1 aromatic rings. The van der Waals surface area contributed by atoms with Crippen LogP contribution >= 0.6 is 0 Å². The number of nitrogens with one attached hydrogen (secondary N) is 1. The van der Waals surface area contributed by atoms with Crippen molar-refractivity contribution in [2.45, 2.75) is 37.8 Å². The minimum Gasteiger partial charge on any atom is -0.486 e. The van der Waals surface area contributed by atoms with E-state index in [1.807, 2.05) is 12.1 Å². The van der Waals surface area contributed by atoms with Gasteiger partial charge in [0.15, 0.2) is 11.5 Å². The Hall–Kier alpha value is -1.42. The summed E-state index contributed by atoms with van der Waals surface area (Å²) in [5.41, 5.74) is 1.48. The van der Waals surface area contributed by atoms with Crippen molar-refractivity contribution < 1.29 is 14.2 Å². The second-order valence-corrected chi connectivity index (χ2v) is 6.78. The third-order valence-corrected chi connectivity index (χ3v) is 5.91. The molecule has 3 fully saturated rings. The van der Waals surface area contributed by atoms with Gasteiger partial charge in [-0.25, -0.2) is 0 Å². The Kier molecular flexibility index (Phi) is 2.48. The zero-order valence-corrected chi connectivity index (χ0v) is 12.1. The van der Waals surface area contributed by atoms with Crippen molar-refractivity contribution in [1.82, 2.24) is 0 Å². The molecule has 21 heavy (non-hydrogen) atoms. The molecule has 1 N–H and O–H groups in total. The Bertz CT molecular complexity index is 569. The number of rotatable bonds is 2. The average Bonchev–Trinajstić information content (AvgIpc) is 2.88.